The van der Waals surface area contributed by atoms with Gasteiger partial charge in [0.25, 0.3) is 0 Å². The molecule has 0 bridgehead atoms. The minimum Gasteiger partial charge on any atom is -0.493 e. The third kappa shape index (κ3) is 4.10. The Morgan fingerprint density at radius 2 is 1.83 bits per heavy atom. The molecule has 0 amide bonds. The SMILES string of the molecule is C[NH2+][C@H]1CCc2cc(OC)c(OC)c(OC)c2-c2ccc(NCC(C)C)c(=O)cc21. The highest BCUT2D eigenvalue weighted by Gasteiger charge is 2.29. The second-order valence-electron chi connectivity index (χ2n) is 8.06. The number of rotatable bonds is 7. The lowest BCUT2D eigenvalue weighted by atomic mass is 9.95. The topological polar surface area (TPSA) is 73.4 Å². The van der Waals surface area contributed by atoms with E-state index in [9.17, 15) is 4.79 Å². The number of methoxy groups -OCH3 is 3. The summed E-state index contributed by atoms with van der Waals surface area (Å²) in [6.45, 7) is 5.00. The minimum absolute atomic E-state index is 0.00615. The Morgan fingerprint density at radius 3 is 2.43 bits per heavy atom. The summed E-state index contributed by atoms with van der Waals surface area (Å²) < 4.78 is 17.0. The van der Waals surface area contributed by atoms with E-state index in [1.165, 1.54) is 0 Å². The summed E-state index contributed by atoms with van der Waals surface area (Å²) in [5.74, 6) is 2.30. The third-order valence-electron chi connectivity index (χ3n) is 5.69. The highest BCUT2D eigenvalue weighted by molar-refractivity contribution is 5.82. The van der Waals surface area contributed by atoms with Crippen LogP contribution in [0.15, 0.2) is 29.1 Å². The highest BCUT2D eigenvalue weighted by atomic mass is 16.5. The molecule has 0 spiro atoms. The molecule has 0 saturated heterocycles. The van der Waals surface area contributed by atoms with E-state index >= 15 is 0 Å². The molecule has 0 aromatic heterocycles. The maximum absolute atomic E-state index is 13.0. The lowest BCUT2D eigenvalue weighted by Crippen LogP contribution is -2.81. The number of anilines is 1. The van der Waals surface area contributed by atoms with Gasteiger partial charge in [-0.15, -0.1) is 0 Å². The van der Waals surface area contributed by atoms with Crippen molar-refractivity contribution < 1.29 is 19.5 Å². The lowest BCUT2D eigenvalue weighted by Gasteiger charge is -2.19. The number of quaternary nitrogens is 1. The zero-order valence-electron chi connectivity index (χ0n) is 18.8. The summed E-state index contributed by atoms with van der Waals surface area (Å²) in [4.78, 5) is 13.0. The monoisotopic (exact) mass is 413 g/mol. The number of fused-ring (bicyclic) bond motifs is 3. The highest BCUT2D eigenvalue weighted by Crippen LogP contribution is 2.49. The summed E-state index contributed by atoms with van der Waals surface area (Å²) >= 11 is 0. The van der Waals surface area contributed by atoms with E-state index in [4.69, 9.17) is 14.2 Å². The second-order valence-corrected chi connectivity index (χ2v) is 8.06. The van der Waals surface area contributed by atoms with Crippen molar-refractivity contribution in [3.05, 3.63) is 45.6 Å². The zero-order valence-corrected chi connectivity index (χ0v) is 18.8. The van der Waals surface area contributed by atoms with Gasteiger partial charge in [-0.3, -0.25) is 4.79 Å². The van der Waals surface area contributed by atoms with Gasteiger partial charge in [-0.25, -0.2) is 0 Å². The zero-order chi connectivity index (χ0) is 21.8. The number of nitrogens with two attached hydrogens (primary N) is 1. The Morgan fingerprint density at radius 1 is 1.10 bits per heavy atom. The van der Waals surface area contributed by atoms with Crippen LogP contribution in [0.25, 0.3) is 11.1 Å². The quantitative estimate of drug-likeness (QED) is 0.730. The van der Waals surface area contributed by atoms with Crippen LogP contribution in [0.2, 0.25) is 0 Å². The smallest absolute Gasteiger partial charge is 0.203 e. The first-order chi connectivity index (χ1) is 14.4. The predicted molar refractivity (Wildman–Crippen MR) is 120 cm³/mol. The van der Waals surface area contributed by atoms with Crippen LogP contribution < -0.4 is 30.3 Å². The number of ether oxygens (including phenoxy) is 3. The van der Waals surface area contributed by atoms with Gasteiger partial charge in [0, 0.05) is 24.1 Å². The fraction of sp³-hybridized carbons (Fsp3) is 0.458. The van der Waals surface area contributed by atoms with E-state index in [0.29, 0.717) is 28.9 Å². The number of benzene rings is 1. The molecule has 0 heterocycles. The van der Waals surface area contributed by atoms with E-state index in [1.54, 1.807) is 27.4 Å². The molecule has 2 aromatic carbocycles. The molecular formula is C24H33N2O4+. The van der Waals surface area contributed by atoms with Gasteiger partial charge in [-0.05, 0) is 41.7 Å². The summed E-state index contributed by atoms with van der Waals surface area (Å²) in [7, 11) is 6.94. The first kappa shape index (κ1) is 22.0. The van der Waals surface area contributed by atoms with Gasteiger partial charge in [-0.2, -0.15) is 0 Å². The molecule has 3 rings (SSSR count). The molecule has 1 atom stereocenters. The van der Waals surface area contributed by atoms with E-state index in [2.05, 4.69) is 31.5 Å². The van der Waals surface area contributed by atoms with Crippen molar-refractivity contribution in [1.82, 2.24) is 0 Å². The summed E-state index contributed by atoms with van der Waals surface area (Å²) in [6.07, 6.45) is 1.76. The molecule has 0 unspecified atom stereocenters. The number of hydrogen-bond acceptors (Lipinski definition) is 5. The van der Waals surface area contributed by atoms with Crippen LogP contribution in [0.5, 0.6) is 17.2 Å². The van der Waals surface area contributed by atoms with E-state index in [0.717, 1.165) is 41.6 Å². The van der Waals surface area contributed by atoms with E-state index in [-0.39, 0.29) is 11.5 Å². The van der Waals surface area contributed by atoms with Gasteiger partial charge >= 0.3 is 0 Å². The molecular weight excluding hydrogens is 380 g/mol. The van der Waals surface area contributed by atoms with Crippen molar-refractivity contribution in [1.29, 1.82) is 0 Å². The Labute approximate surface area is 178 Å². The maximum Gasteiger partial charge on any atom is 0.203 e. The van der Waals surface area contributed by atoms with Crippen molar-refractivity contribution >= 4 is 5.69 Å². The third-order valence-corrected chi connectivity index (χ3v) is 5.69. The molecule has 0 fully saturated rings. The van der Waals surface area contributed by atoms with Crippen LogP contribution in [-0.2, 0) is 6.42 Å². The van der Waals surface area contributed by atoms with Crippen LogP contribution in [0.3, 0.4) is 0 Å². The minimum atomic E-state index is 0.00615. The van der Waals surface area contributed by atoms with Crippen LogP contribution in [0.4, 0.5) is 5.69 Å². The molecule has 1 aliphatic carbocycles. The van der Waals surface area contributed by atoms with Gasteiger partial charge in [0.2, 0.25) is 11.2 Å². The Bertz CT molecular complexity index is 972. The van der Waals surface area contributed by atoms with Gasteiger partial charge in [0.15, 0.2) is 11.5 Å². The maximum atomic E-state index is 13.0. The molecule has 6 heteroatoms. The molecule has 0 radical (unpaired) electrons. The van der Waals surface area contributed by atoms with Crippen molar-refractivity contribution in [3.63, 3.8) is 0 Å². The summed E-state index contributed by atoms with van der Waals surface area (Å²) in [5.41, 5.74) is 4.74. The van der Waals surface area contributed by atoms with Gasteiger partial charge in [-0.1, -0.05) is 19.9 Å². The Hall–Kier alpha value is -2.73. The Kier molecular flexibility index (Phi) is 6.87. The fourth-order valence-electron chi connectivity index (χ4n) is 4.15. The predicted octanol–water partition coefficient (Wildman–Crippen LogP) is 2.99. The first-order valence-electron chi connectivity index (χ1n) is 10.5. The molecule has 0 saturated carbocycles. The van der Waals surface area contributed by atoms with Crippen LogP contribution >= 0.6 is 0 Å². The number of aryl methyl sites for hydroxylation is 1. The van der Waals surface area contributed by atoms with E-state index < -0.39 is 0 Å². The average Bonchev–Trinajstić information content (AvgIpc) is 2.98. The van der Waals surface area contributed by atoms with Gasteiger partial charge in [0.05, 0.1) is 34.1 Å². The molecule has 1 aliphatic rings. The molecule has 2 aromatic rings. The summed E-state index contributed by atoms with van der Waals surface area (Å²) in [5, 5.41) is 5.47. The first-order valence-corrected chi connectivity index (χ1v) is 10.5. The second kappa shape index (κ2) is 9.39. The number of hydrogen-bond donors (Lipinski definition) is 2. The van der Waals surface area contributed by atoms with Crippen LogP contribution in [-0.4, -0.2) is 34.9 Å². The lowest BCUT2D eigenvalue weighted by molar-refractivity contribution is -0.670. The van der Waals surface area contributed by atoms with Crippen molar-refractivity contribution in [3.8, 4) is 28.4 Å². The average molecular weight is 414 g/mol. The largest absolute Gasteiger partial charge is 0.493 e. The molecule has 0 aliphatic heterocycles. The summed E-state index contributed by atoms with van der Waals surface area (Å²) in [6, 6.07) is 7.91. The standard InChI is InChI=1S/C24H32N2O4/c1-14(2)13-26-19-10-8-16-17(12-20(19)27)18(25-3)9-7-15-11-21(28-4)23(29-5)24(30-6)22(15)16/h8,10-12,14,18,25H,7,9,13H2,1-6H3,(H,26,27)/p+1/t18-/m0/s1. The molecule has 162 valence electrons. The van der Waals surface area contributed by atoms with Crippen LogP contribution in [0.1, 0.15) is 37.4 Å². The molecule has 6 nitrogen and oxygen atoms in total. The van der Waals surface area contributed by atoms with Crippen molar-refractivity contribution in [2.75, 3.05) is 40.2 Å². The normalized spacial score (nSPS) is 15.1. The van der Waals surface area contributed by atoms with Gasteiger partial charge in [0.1, 0.15) is 6.04 Å². The van der Waals surface area contributed by atoms with Crippen molar-refractivity contribution in [2.45, 2.75) is 32.7 Å². The Balaban J connectivity index is 2.32. The van der Waals surface area contributed by atoms with E-state index in [1.807, 2.05) is 18.2 Å². The fourth-order valence-corrected chi connectivity index (χ4v) is 4.15. The van der Waals surface area contributed by atoms with Crippen LogP contribution in [0, 0.1) is 5.92 Å². The number of nitrogens with one attached hydrogen (secondary N) is 1. The van der Waals surface area contributed by atoms with Gasteiger partial charge < -0.3 is 24.8 Å². The molecule has 30 heavy (non-hydrogen) atoms. The molecule has 3 N–H and O–H groups in total. The van der Waals surface area contributed by atoms with Crippen molar-refractivity contribution in [2.24, 2.45) is 5.92 Å².